The molecule has 1 amide bonds. The molecule has 0 aliphatic carbocycles. The highest BCUT2D eigenvalue weighted by molar-refractivity contribution is 7.17. The van der Waals surface area contributed by atoms with E-state index >= 15 is 0 Å². The molecule has 0 saturated carbocycles. The lowest BCUT2D eigenvalue weighted by Crippen LogP contribution is -2.47. The van der Waals surface area contributed by atoms with Crippen LogP contribution in [0.5, 0.6) is 0 Å². The maximum Gasteiger partial charge on any atom is 0.254 e. The lowest BCUT2D eigenvalue weighted by molar-refractivity contribution is 0.0913. The van der Waals surface area contributed by atoms with Crippen LogP contribution in [0, 0.1) is 11.3 Å². The number of thiophene rings is 1. The number of nitriles is 1. The molecule has 0 aromatic carbocycles. The van der Waals surface area contributed by atoms with Gasteiger partial charge in [-0.05, 0) is 24.3 Å². The second kappa shape index (κ2) is 6.68. The number of pyridine rings is 1. The van der Waals surface area contributed by atoms with Gasteiger partial charge < -0.3 is 5.32 Å². The average Bonchev–Trinajstić information content (AvgIpc) is 2.95. The summed E-state index contributed by atoms with van der Waals surface area (Å²) in [5, 5.41) is 15.3. The van der Waals surface area contributed by atoms with Crippen molar-refractivity contribution in [2.24, 2.45) is 0 Å². The quantitative estimate of drug-likeness (QED) is 0.880. The molecule has 0 aliphatic rings. The molecule has 2 heterocycles. The number of fused-ring (bicyclic) bond motifs is 1. The van der Waals surface area contributed by atoms with E-state index < -0.39 is 5.54 Å². The summed E-state index contributed by atoms with van der Waals surface area (Å²) >= 11 is 1.56. The van der Waals surface area contributed by atoms with Crippen molar-refractivity contribution >= 4 is 27.3 Å². The molecule has 0 radical (unpaired) electrons. The molecule has 0 bridgehead atoms. The zero-order valence-corrected chi connectivity index (χ0v) is 13.2. The second-order valence-electron chi connectivity index (χ2n) is 5.17. The number of rotatable bonds is 6. The number of hydrogen-bond acceptors (Lipinski definition) is 4. The summed E-state index contributed by atoms with van der Waals surface area (Å²) in [6.07, 6.45) is 6.37. The van der Waals surface area contributed by atoms with Gasteiger partial charge >= 0.3 is 0 Å². The van der Waals surface area contributed by atoms with E-state index in [4.69, 9.17) is 0 Å². The van der Waals surface area contributed by atoms with Gasteiger partial charge in [-0.15, -0.1) is 11.3 Å². The average molecular weight is 301 g/mol. The second-order valence-corrected chi connectivity index (χ2v) is 6.12. The molecule has 0 unspecified atom stereocenters. The maximum absolute atomic E-state index is 12.6. The SMILES string of the molecule is CCCC(C#N)(CCC)NC(=O)c1cncc2sccc12. The van der Waals surface area contributed by atoms with Gasteiger partial charge in [0.15, 0.2) is 0 Å². The standard InChI is InChI=1S/C16H19N3OS/c1-3-6-16(11-17,7-4-2)19-15(20)13-9-18-10-14-12(13)5-8-21-14/h5,8-10H,3-4,6-7H2,1-2H3,(H,19,20). The van der Waals surface area contributed by atoms with Crippen molar-refractivity contribution in [2.45, 2.75) is 45.1 Å². The third kappa shape index (κ3) is 3.22. The molecule has 1 N–H and O–H groups in total. The molecule has 4 nitrogen and oxygen atoms in total. The number of amides is 1. The Bertz CT molecular complexity index is 665. The number of carbonyl (C=O) groups excluding carboxylic acids is 1. The van der Waals surface area contributed by atoms with E-state index in [1.165, 1.54) is 0 Å². The summed E-state index contributed by atoms with van der Waals surface area (Å²) in [7, 11) is 0. The minimum absolute atomic E-state index is 0.213. The van der Waals surface area contributed by atoms with E-state index in [-0.39, 0.29) is 5.91 Å². The molecule has 2 aromatic rings. The molecule has 0 fully saturated rings. The fourth-order valence-electron chi connectivity index (χ4n) is 2.60. The van der Waals surface area contributed by atoms with Crippen LogP contribution >= 0.6 is 11.3 Å². The van der Waals surface area contributed by atoms with Crippen LogP contribution in [-0.2, 0) is 0 Å². The molecule has 21 heavy (non-hydrogen) atoms. The van der Waals surface area contributed by atoms with Crippen molar-refractivity contribution in [2.75, 3.05) is 0 Å². The maximum atomic E-state index is 12.6. The van der Waals surface area contributed by atoms with Crippen LogP contribution in [0.3, 0.4) is 0 Å². The summed E-state index contributed by atoms with van der Waals surface area (Å²) in [5.41, 5.74) is -0.237. The zero-order chi connectivity index (χ0) is 15.3. The topological polar surface area (TPSA) is 65.8 Å². The Balaban J connectivity index is 2.31. The summed E-state index contributed by atoms with van der Waals surface area (Å²) in [6, 6.07) is 4.23. The first kappa shape index (κ1) is 15.5. The molecule has 2 rings (SSSR count). The normalized spacial score (nSPS) is 11.3. The monoisotopic (exact) mass is 301 g/mol. The first-order chi connectivity index (χ1) is 10.2. The number of nitrogens with one attached hydrogen (secondary N) is 1. The molecular weight excluding hydrogens is 282 g/mol. The summed E-state index contributed by atoms with van der Waals surface area (Å²) in [4.78, 5) is 16.7. The van der Waals surface area contributed by atoms with Crippen molar-refractivity contribution in [3.8, 4) is 6.07 Å². The Morgan fingerprint density at radius 2 is 2.10 bits per heavy atom. The Hall–Kier alpha value is -1.93. The largest absolute Gasteiger partial charge is 0.334 e. The number of carbonyl (C=O) groups is 1. The molecule has 2 aromatic heterocycles. The summed E-state index contributed by atoms with van der Waals surface area (Å²) in [6.45, 7) is 4.05. The first-order valence-electron chi connectivity index (χ1n) is 7.20. The minimum Gasteiger partial charge on any atom is -0.334 e. The van der Waals surface area contributed by atoms with Crippen molar-refractivity contribution < 1.29 is 4.79 Å². The van der Waals surface area contributed by atoms with Crippen molar-refractivity contribution in [1.82, 2.24) is 10.3 Å². The number of hydrogen-bond donors (Lipinski definition) is 1. The van der Waals surface area contributed by atoms with Crippen LogP contribution in [0.2, 0.25) is 0 Å². The van der Waals surface area contributed by atoms with Gasteiger partial charge in [-0.3, -0.25) is 9.78 Å². The van der Waals surface area contributed by atoms with E-state index in [9.17, 15) is 10.1 Å². The molecule has 0 aliphatic heterocycles. The van der Waals surface area contributed by atoms with E-state index in [1.807, 2.05) is 25.3 Å². The van der Waals surface area contributed by atoms with Crippen LogP contribution in [0.4, 0.5) is 0 Å². The molecule has 5 heteroatoms. The van der Waals surface area contributed by atoms with Gasteiger partial charge in [0.1, 0.15) is 5.54 Å². The van der Waals surface area contributed by atoms with Gasteiger partial charge in [-0.1, -0.05) is 26.7 Å². The van der Waals surface area contributed by atoms with Gasteiger partial charge in [0, 0.05) is 17.8 Å². The van der Waals surface area contributed by atoms with Crippen molar-refractivity contribution in [1.29, 1.82) is 5.26 Å². The summed E-state index contributed by atoms with van der Waals surface area (Å²) in [5.74, 6) is -0.213. The molecule has 110 valence electrons. The third-order valence-electron chi connectivity index (χ3n) is 3.55. The van der Waals surface area contributed by atoms with Crippen LogP contribution in [0.15, 0.2) is 23.8 Å². The molecule has 0 atom stereocenters. The lowest BCUT2D eigenvalue weighted by Gasteiger charge is -2.27. The summed E-state index contributed by atoms with van der Waals surface area (Å²) < 4.78 is 0.983. The predicted octanol–water partition coefficient (Wildman–Crippen LogP) is 3.89. The van der Waals surface area contributed by atoms with E-state index in [0.717, 1.165) is 22.9 Å². The highest BCUT2D eigenvalue weighted by Gasteiger charge is 2.30. The fourth-order valence-corrected chi connectivity index (χ4v) is 3.38. The fraction of sp³-hybridized carbons (Fsp3) is 0.438. The molecule has 0 saturated heterocycles. The highest BCUT2D eigenvalue weighted by atomic mass is 32.1. The molecular formula is C16H19N3OS. The highest BCUT2D eigenvalue weighted by Crippen LogP contribution is 2.25. The van der Waals surface area contributed by atoms with Crippen molar-refractivity contribution in [3.63, 3.8) is 0 Å². The third-order valence-corrected chi connectivity index (χ3v) is 4.40. The first-order valence-corrected chi connectivity index (χ1v) is 8.08. The Labute approximate surface area is 128 Å². The van der Waals surface area contributed by atoms with Crippen LogP contribution < -0.4 is 5.32 Å². The Morgan fingerprint density at radius 1 is 1.38 bits per heavy atom. The minimum atomic E-state index is -0.779. The smallest absolute Gasteiger partial charge is 0.254 e. The predicted molar refractivity (Wildman–Crippen MR) is 85.2 cm³/mol. The Morgan fingerprint density at radius 3 is 2.71 bits per heavy atom. The van der Waals surface area contributed by atoms with Gasteiger partial charge in [-0.25, -0.2) is 0 Å². The Kier molecular flexibility index (Phi) is 4.92. The van der Waals surface area contributed by atoms with Crippen molar-refractivity contribution in [3.05, 3.63) is 29.4 Å². The molecule has 0 spiro atoms. The lowest BCUT2D eigenvalue weighted by atomic mass is 9.89. The van der Waals surface area contributed by atoms with E-state index in [0.29, 0.717) is 18.4 Å². The van der Waals surface area contributed by atoms with Crippen LogP contribution in [0.25, 0.3) is 10.1 Å². The van der Waals surface area contributed by atoms with Gasteiger partial charge in [-0.2, -0.15) is 5.26 Å². The van der Waals surface area contributed by atoms with E-state index in [2.05, 4.69) is 16.4 Å². The van der Waals surface area contributed by atoms with Gasteiger partial charge in [0.25, 0.3) is 5.91 Å². The number of nitrogens with zero attached hydrogens (tertiary/aromatic N) is 2. The van der Waals surface area contributed by atoms with E-state index in [1.54, 1.807) is 23.7 Å². The zero-order valence-electron chi connectivity index (χ0n) is 12.3. The number of aromatic nitrogens is 1. The van der Waals surface area contributed by atoms with Gasteiger partial charge in [0.05, 0.1) is 16.3 Å². The van der Waals surface area contributed by atoms with Gasteiger partial charge in [0.2, 0.25) is 0 Å². The van der Waals surface area contributed by atoms with Crippen LogP contribution in [-0.4, -0.2) is 16.4 Å². The van der Waals surface area contributed by atoms with Crippen LogP contribution in [0.1, 0.15) is 49.9 Å².